The molecular formula is C42H53FN8O2. The number of pyridine rings is 1. The highest BCUT2D eigenvalue weighted by molar-refractivity contribution is 6.09. The number of amides is 2. The summed E-state index contributed by atoms with van der Waals surface area (Å²) >= 11 is 0. The molecule has 3 fully saturated rings. The first-order valence-electron chi connectivity index (χ1n) is 19.6. The third kappa shape index (κ3) is 6.29. The summed E-state index contributed by atoms with van der Waals surface area (Å²) in [4.78, 5) is 44.8. The molecule has 2 amide bonds. The third-order valence-corrected chi connectivity index (χ3v) is 12.2. The maximum atomic E-state index is 15.7. The van der Waals surface area contributed by atoms with Gasteiger partial charge in [-0.3, -0.25) is 9.59 Å². The van der Waals surface area contributed by atoms with Crippen molar-refractivity contribution < 1.29 is 14.0 Å². The van der Waals surface area contributed by atoms with Gasteiger partial charge >= 0.3 is 0 Å². The van der Waals surface area contributed by atoms with Crippen molar-refractivity contribution in [2.75, 3.05) is 43.4 Å². The standard InChI is InChI=1S/C42H53FN8O2/c1-25(2)45-40(52)31-22-35(33(43)18-27(31)5)47-39-38-36(44-24-50(38)26(3)4)23-34(46-39)28-10-11-32-37(19-28)51(41(53)42(32)12-16-48(6)17-13-42)30-20-29(21-30)49-14-8-7-9-15-49/h10-11,18-19,22-26,29-30H,7-9,12-17,20-21H2,1-6H3,(H,45,52)(H,46,47)/t29-,30-. The number of aromatic nitrogens is 3. The van der Waals surface area contributed by atoms with Gasteiger partial charge in [-0.2, -0.15) is 0 Å². The fourth-order valence-corrected chi connectivity index (χ4v) is 9.11. The van der Waals surface area contributed by atoms with Gasteiger partial charge in [0, 0.05) is 41.0 Å². The lowest BCUT2D eigenvalue weighted by atomic mass is 9.73. The van der Waals surface area contributed by atoms with E-state index < -0.39 is 11.2 Å². The molecule has 8 rings (SSSR count). The zero-order chi connectivity index (χ0) is 37.2. The number of hydrogen-bond donors (Lipinski definition) is 2. The summed E-state index contributed by atoms with van der Waals surface area (Å²) in [5.74, 6) is -0.0234. The number of hydrogen-bond acceptors (Lipinski definition) is 7. The van der Waals surface area contributed by atoms with Gasteiger partial charge in [0.15, 0.2) is 5.82 Å². The number of nitrogens with one attached hydrogen (secondary N) is 2. The Kier molecular flexibility index (Phi) is 9.29. The number of fused-ring (bicyclic) bond motifs is 3. The van der Waals surface area contributed by atoms with Crippen LogP contribution in [0.5, 0.6) is 0 Å². The maximum Gasteiger partial charge on any atom is 0.251 e. The minimum absolute atomic E-state index is 0.0602. The van der Waals surface area contributed by atoms with E-state index in [9.17, 15) is 9.59 Å². The number of nitrogens with zero attached hydrogens (tertiary/aromatic N) is 6. The minimum atomic E-state index is -0.501. The molecule has 53 heavy (non-hydrogen) atoms. The van der Waals surface area contributed by atoms with Crippen LogP contribution < -0.4 is 15.5 Å². The SMILES string of the molecule is Cc1cc(F)c(Nc2nc(-c3ccc4c(c3)N([C@H]3C[C@H](N5CCCCC5)C3)C(=O)C43CCN(C)CC3)cc3ncn(C(C)C)c23)cc1C(=O)NC(C)C. The number of carbonyl (C=O) groups is 2. The Morgan fingerprint density at radius 3 is 2.40 bits per heavy atom. The van der Waals surface area contributed by atoms with E-state index in [0.29, 0.717) is 28.7 Å². The van der Waals surface area contributed by atoms with Crippen LogP contribution in [0.3, 0.4) is 0 Å². The summed E-state index contributed by atoms with van der Waals surface area (Å²) in [5, 5.41) is 6.20. The zero-order valence-electron chi connectivity index (χ0n) is 32.0. The van der Waals surface area contributed by atoms with Gasteiger partial charge in [0.05, 0.1) is 28.6 Å². The predicted molar refractivity (Wildman–Crippen MR) is 208 cm³/mol. The summed E-state index contributed by atoms with van der Waals surface area (Å²) in [6.07, 6.45) is 9.29. The first kappa shape index (κ1) is 35.7. The lowest BCUT2D eigenvalue weighted by Gasteiger charge is -2.48. The Balaban J connectivity index is 1.19. The third-order valence-electron chi connectivity index (χ3n) is 12.2. The van der Waals surface area contributed by atoms with Gasteiger partial charge in [0.1, 0.15) is 11.3 Å². The quantitative estimate of drug-likeness (QED) is 0.197. The smallest absolute Gasteiger partial charge is 0.251 e. The van der Waals surface area contributed by atoms with E-state index in [2.05, 4.69) is 64.4 Å². The molecule has 1 aliphatic carbocycles. The molecule has 0 bridgehead atoms. The Bertz CT molecular complexity index is 2050. The fourth-order valence-electron chi connectivity index (χ4n) is 9.11. The molecule has 2 aromatic heterocycles. The van der Waals surface area contributed by atoms with E-state index in [4.69, 9.17) is 9.97 Å². The normalized spacial score (nSPS) is 21.8. The largest absolute Gasteiger partial charge is 0.350 e. The van der Waals surface area contributed by atoms with Gasteiger partial charge in [-0.05, 0) is 142 Å². The first-order valence-corrected chi connectivity index (χ1v) is 19.6. The number of aryl methyl sites for hydroxylation is 1. The van der Waals surface area contributed by atoms with Gasteiger partial charge < -0.3 is 29.9 Å². The molecule has 280 valence electrons. The van der Waals surface area contributed by atoms with Crippen molar-refractivity contribution in [3.05, 3.63) is 65.2 Å². The number of halogens is 1. The zero-order valence-corrected chi connectivity index (χ0v) is 32.0. The maximum absolute atomic E-state index is 15.7. The van der Waals surface area contributed by atoms with Crippen LogP contribution in [0.25, 0.3) is 22.3 Å². The second-order valence-corrected chi connectivity index (χ2v) is 16.5. The van der Waals surface area contributed by atoms with E-state index >= 15 is 4.39 Å². The number of anilines is 3. The van der Waals surface area contributed by atoms with Crippen LogP contribution in [-0.2, 0) is 10.2 Å². The summed E-state index contributed by atoms with van der Waals surface area (Å²) in [7, 11) is 2.14. The van der Waals surface area contributed by atoms with Crippen LogP contribution in [0, 0.1) is 12.7 Å². The molecule has 3 aliphatic heterocycles. The van der Waals surface area contributed by atoms with E-state index in [1.54, 1.807) is 19.3 Å². The molecule has 2 N–H and O–H groups in total. The van der Waals surface area contributed by atoms with Crippen molar-refractivity contribution in [3.8, 4) is 11.3 Å². The molecule has 4 aliphatic rings. The molecule has 0 unspecified atom stereocenters. The van der Waals surface area contributed by atoms with Crippen LogP contribution in [-0.4, -0.2) is 87.5 Å². The molecule has 0 atom stereocenters. The number of carbonyl (C=O) groups excluding carboxylic acids is 2. The Labute approximate surface area is 312 Å². The second-order valence-electron chi connectivity index (χ2n) is 16.5. The number of likely N-dealkylation sites (tertiary alicyclic amines) is 2. The van der Waals surface area contributed by atoms with Gasteiger partial charge in [-0.25, -0.2) is 14.4 Å². The van der Waals surface area contributed by atoms with Crippen molar-refractivity contribution >= 4 is 40.0 Å². The number of rotatable bonds is 8. The van der Waals surface area contributed by atoms with Crippen molar-refractivity contribution in [2.24, 2.45) is 0 Å². The highest BCUT2D eigenvalue weighted by atomic mass is 19.1. The fraction of sp³-hybridized carbons (Fsp3) is 0.524. The van der Waals surface area contributed by atoms with Crippen molar-refractivity contribution in [3.63, 3.8) is 0 Å². The van der Waals surface area contributed by atoms with Crippen molar-refractivity contribution in [2.45, 2.75) is 109 Å². The van der Waals surface area contributed by atoms with E-state index in [-0.39, 0.29) is 35.6 Å². The molecule has 4 aromatic rings. The molecule has 2 saturated heterocycles. The van der Waals surface area contributed by atoms with Crippen LogP contribution in [0.15, 0.2) is 42.7 Å². The molecule has 11 heteroatoms. The van der Waals surface area contributed by atoms with Crippen LogP contribution in [0.4, 0.5) is 21.6 Å². The highest BCUT2D eigenvalue weighted by Gasteiger charge is 2.55. The Hall–Kier alpha value is -4.35. The average Bonchev–Trinajstić information content (AvgIpc) is 3.64. The molecule has 1 saturated carbocycles. The van der Waals surface area contributed by atoms with Crippen LogP contribution in [0.1, 0.15) is 100 Å². The van der Waals surface area contributed by atoms with Crippen LogP contribution in [0.2, 0.25) is 0 Å². The van der Waals surface area contributed by atoms with Gasteiger partial charge in [0.2, 0.25) is 5.91 Å². The monoisotopic (exact) mass is 720 g/mol. The van der Waals surface area contributed by atoms with Gasteiger partial charge in [0.25, 0.3) is 5.91 Å². The average molecular weight is 721 g/mol. The summed E-state index contributed by atoms with van der Waals surface area (Å²) < 4.78 is 17.7. The number of imidazole rings is 1. The number of piperidine rings is 2. The van der Waals surface area contributed by atoms with Crippen LogP contribution >= 0.6 is 0 Å². The van der Waals surface area contributed by atoms with E-state index in [0.717, 1.165) is 66.6 Å². The first-order chi connectivity index (χ1) is 25.4. The van der Waals surface area contributed by atoms with Crippen molar-refractivity contribution in [1.29, 1.82) is 0 Å². The summed E-state index contributed by atoms with van der Waals surface area (Å²) in [5.41, 5.74) is 5.79. The van der Waals surface area contributed by atoms with E-state index in [1.807, 2.05) is 24.5 Å². The molecular weight excluding hydrogens is 668 g/mol. The van der Waals surface area contributed by atoms with Gasteiger partial charge in [-0.15, -0.1) is 0 Å². The van der Waals surface area contributed by atoms with Gasteiger partial charge in [-0.1, -0.05) is 18.6 Å². The highest BCUT2D eigenvalue weighted by Crippen LogP contribution is 2.52. The molecule has 10 nitrogen and oxygen atoms in total. The molecule has 5 heterocycles. The molecule has 1 spiro atoms. The summed E-state index contributed by atoms with van der Waals surface area (Å²) in [6, 6.07) is 12.1. The second kappa shape index (κ2) is 13.8. The van der Waals surface area contributed by atoms with Crippen molar-refractivity contribution in [1.82, 2.24) is 29.7 Å². The lowest BCUT2D eigenvalue weighted by Crippen LogP contribution is -2.58. The predicted octanol–water partition coefficient (Wildman–Crippen LogP) is 7.34. The Morgan fingerprint density at radius 2 is 1.70 bits per heavy atom. The van der Waals surface area contributed by atoms with E-state index in [1.165, 1.54) is 38.4 Å². The topological polar surface area (TPSA) is 98.6 Å². The molecule has 2 aromatic carbocycles. The lowest BCUT2D eigenvalue weighted by molar-refractivity contribution is -0.125. The summed E-state index contributed by atoms with van der Waals surface area (Å²) in [6.45, 7) is 13.8. The Morgan fingerprint density at radius 1 is 0.962 bits per heavy atom. The number of benzene rings is 2. The molecule has 0 radical (unpaired) electrons. The minimum Gasteiger partial charge on any atom is -0.350 e.